The van der Waals surface area contributed by atoms with Crippen molar-refractivity contribution in [3.8, 4) is 16.9 Å². The lowest BCUT2D eigenvalue weighted by molar-refractivity contribution is 0.0492. The highest BCUT2D eigenvalue weighted by Gasteiger charge is 2.36. The van der Waals surface area contributed by atoms with Crippen molar-refractivity contribution in [2.24, 2.45) is 5.41 Å². The van der Waals surface area contributed by atoms with Gasteiger partial charge in [0.25, 0.3) is 5.91 Å². The maximum Gasteiger partial charge on any atom is 0.407 e. The number of ether oxygens (including phenoxy) is 1. The van der Waals surface area contributed by atoms with E-state index in [1.54, 1.807) is 24.3 Å². The summed E-state index contributed by atoms with van der Waals surface area (Å²) in [7, 11) is 1.54. The molecule has 2 amide bonds. The molecule has 1 unspecified atom stereocenters. The second-order valence-electron chi connectivity index (χ2n) is 13.4. The van der Waals surface area contributed by atoms with E-state index in [0.29, 0.717) is 48.4 Å². The van der Waals surface area contributed by atoms with Gasteiger partial charge in [-0.1, -0.05) is 50.6 Å². The average Bonchev–Trinajstić information content (AvgIpc) is 3.41. The number of carbonyl (C=O) groups is 2. The number of carboxylic acid groups (broad SMARTS) is 1. The summed E-state index contributed by atoms with van der Waals surface area (Å²) in [4.78, 5) is 30.6. The highest BCUT2D eigenvalue weighted by molar-refractivity contribution is 7.90. The van der Waals surface area contributed by atoms with E-state index < -0.39 is 34.8 Å². The van der Waals surface area contributed by atoms with Crippen LogP contribution in [-0.4, -0.2) is 63.5 Å². The zero-order valence-electron chi connectivity index (χ0n) is 27.5. The van der Waals surface area contributed by atoms with Gasteiger partial charge in [-0.15, -0.1) is 11.3 Å². The summed E-state index contributed by atoms with van der Waals surface area (Å²) < 4.78 is 47.5. The Hall–Kier alpha value is -3.38. The fourth-order valence-corrected chi connectivity index (χ4v) is 8.47. The van der Waals surface area contributed by atoms with Gasteiger partial charge in [-0.05, 0) is 83.7 Å². The number of methoxy groups -OCH3 is 1. The van der Waals surface area contributed by atoms with Crippen molar-refractivity contribution < 1.29 is 32.8 Å². The number of amides is 2. The summed E-state index contributed by atoms with van der Waals surface area (Å²) in [5, 5.41) is 9.76. The monoisotopic (exact) mass is 716 g/mol. The summed E-state index contributed by atoms with van der Waals surface area (Å²) in [5.41, 5.74) is 2.14. The Balaban J connectivity index is 1.53. The number of thiophene rings is 1. The van der Waals surface area contributed by atoms with Crippen LogP contribution in [-0.2, 0) is 17.7 Å². The van der Waals surface area contributed by atoms with Crippen LogP contribution >= 0.6 is 22.9 Å². The molecule has 0 radical (unpaired) electrons. The zero-order valence-corrected chi connectivity index (χ0v) is 29.9. The smallest absolute Gasteiger partial charge is 0.407 e. The van der Waals surface area contributed by atoms with Crippen LogP contribution in [0.25, 0.3) is 21.2 Å². The highest BCUT2D eigenvalue weighted by atomic mass is 35.5. The molecule has 4 aromatic rings. The molecule has 48 heavy (non-hydrogen) atoms. The quantitative estimate of drug-likeness (QED) is 0.174. The Morgan fingerprint density at radius 3 is 2.21 bits per heavy atom. The molecule has 12 heteroatoms. The third-order valence-corrected chi connectivity index (χ3v) is 11.3. The van der Waals surface area contributed by atoms with E-state index in [9.17, 15) is 28.0 Å². The van der Waals surface area contributed by atoms with Crippen LogP contribution in [0.3, 0.4) is 0 Å². The molecular formula is C36H39ClF2N2O5S2. The molecule has 1 fully saturated rings. The van der Waals surface area contributed by atoms with Crippen LogP contribution in [0.5, 0.6) is 5.75 Å². The highest BCUT2D eigenvalue weighted by Crippen LogP contribution is 2.41. The van der Waals surface area contributed by atoms with E-state index in [1.165, 1.54) is 4.90 Å². The number of rotatable bonds is 9. The van der Waals surface area contributed by atoms with Gasteiger partial charge in [0.15, 0.2) is 4.90 Å². The zero-order chi connectivity index (χ0) is 34.9. The predicted octanol–water partition coefficient (Wildman–Crippen LogP) is 9.23. The molecule has 3 aromatic carbocycles. The number of nitrogens with zero attached hydrogens (tertiary/aromatic N) is 2. The van der Waals surface area contributed by atoms with E-state index >= 15 is 0 Å². The maximum absolute atomic E-state index is 14.8. The largest absolute Gasteiger partial charge is 0.612 e. The molecular weight excluding hydrogens is 678 g/mol. The van der Waals surface area contributed by atoms with Crippen molar-refractivity contribution in [2.75, 3.05) is 19.9 Å². The van der Waals surface area contributed by atoms with Crippen molar-refractivity contribution in [2.45, 2.75) is 70.0 Å². The summed E-state index contributed by atoms with van der Waals surface area (Å²) in [6.07, 6.45) is 2.76. The van der Waals surface area contributed by atoms with E-state index in [1.807, 2.05) is 57.2 Å². The van der Waals surface area contributed by atoms with E-state index in [2.05, 4.69) is 0 Å². The predicted molar refractivity (Wildman–Crippen MR) is 188 cm³/mol. The van der Waals surface area contributed by atoms with Gasteiger partial charge in [0.1, 0.15) is 28.5 Å². The number of halogens is 3. The van der Waals surface area contributed by atoms with Gasteiger partial charge in [-0.25, -0.2) is 13.6 Å². The first-order valence-corrected chi connectivity index (χ1v) is 18.4. The molecule has 0 saturated heterocycles. The van der Waals surface area contributed by atoms with Crippen LogP contribution in [0.1, 0.15) is 61.7 Å². The Labute approximate surface area is 291 Å². The Kier molecular flexibility index (Phi) is 10.9. The molecule has 0 aliphatic heterocycles. The van der Waals surface area contributed by atoms with Crippen molar-refractivity contribution in [1.82, 2.24) is 9.80 Å². The van der Waals surface area contributed by atoms with Crippen molar-refractivity contribution in [1.29, 1.82) is 0 Å². The molecule has 256 valence electrons. The van der Waals surface area contributed by atoms with Gasteiger partial charge in [0.05, 0.1) is 22.2 Å². The summed E-state index contributed by atoms with van der Waals surface area (Å²) in [6, 6.07) is 14.5. The van der Waals surface area contributed by atoms with Crippen LogP contribution in [0.4, 0.5) is 13.6 Å². The van der Waals surface area contributed by atoms with Crippen molar-refractivity contribution in [3.63, 3.8) is 0 Å². The van der Waals surface area contributed by atoms with Crippen molar-refractivity contribution in [3.05, 3.63) is 81.7 Å². The van der Waals surface area contributed by atoms with Gasteiger partial charge in [0.2, 0.25) is 0 Å². The first-order valence-electron chi connectivity index (χ1n) is 15.7. The van der Waals surface area contributed by atoms with Gasteiger partial charge in [0, 0.05) is 36.8 Å². The lowest BCUT2D eigenvalue weighted by Gasteiger charge is -2.41. The molecule has 1 saturated carbocycles. The number of benzene rings is 3. The number of hydrogen-bond donors (Lipinski definition) is 1. The molecule has 7 nitrogen and oxygen atoms in total. The van der Waals surface area contributed by atoms with Gasteiger partial charge in [-0.2, -0.15) is 0 Å². The van der Waals surface area contributed by atoms with Crippen LogP contribution < -0.4 is 4.74 Å². The van der Waals surface area contributed by atoms with Crippen LogP contribution in [0, 0.1) is 17.0 Å². The Morgan fingerprint density at radius 1 is 1.00 bits per heavy atom. The molecule has 0 bridgehead atoms. The molecule has 5 rings (SSSR count). The topological polar surface area (TPSA) is 93.1 Å². The van der Waals surface area contributed by atoms with Gasteiger partial charge >= 0.3 is 6.09 Å². The minimum atomic E-state index is -1.17. The van der Waals surface area contributed by atoms with E-state index in [-0.39, 0.29) is 44.0 Å². The summed E-state index contributed by atoms with van der Waals surface area (Å²) in [5.74, 6) is -1.30. The summed E-state index contributed by atoms with van der Waals surface area (Å²) >= 11 is 6.26. The third kappa shape index (κ3) is 7.75. The lowest BCUT2D eigenvalue weighted by Crippen LogP contribution is -2.49. The minimum absolute atomic E-state index is 0.0286. The number of hydrogen-bond acceptors (Lipinski definition) is 5. The van der Waals surface area contributed by atoms with Gasteiger partial charge < -0.3 is 24.2 Å². The Morgan fingerprint density at radius 2 is 1.62 bits per heavy atom. The molecule has 1 aliphatic carbocycles. The summed E-state index contributed by atoms with van der Waals surface area (Å²) in [6.45, 7) is 6.47. The first-order chi connectivity index (χ1) is 22.7. The molecule has 1 heterocycles. The van der Waals surface area contributed by atoms with E-state index in [0.717, 1.165) is 34.6 Å². The molecule has 0 spiro atoms. The standard InChI is InChI=1S/C36H39ClF2N2O5S2/c1-36(2,3)20-41(35(43)44)25-12-10-24(11-13-25)40(34(42)33-31(37)30-27(38)14-15-28(39)32(30)47-33)19-23-17-22(9-16-29(23)46-4)21-7-6-8-26(18-21)48(5)45/h6-9,14-18,24-25H,10-13,19-20H2,1-5H3,(H,43,44). The van der Waals surface area contributed by atoms with E-state index in [4.69, 9.17) is 16.3 Å². The lowest BCUT2D eigenvalue weighted by atomic mass is 9.87. The first kappa shape index (κ1) is 35.9. The van der Waals surface area contributed by atoms with Crippen LogP contribution in [0.15, 0.2) is 59.5 Å². The molecule has 1 N–H and O–H groups in total. The number of carbonyl (C=O) groups excluding carboxylic acids is 1. The second-order valence-corrected chi connectivity index (χ2v) is 16.1. The molecule has 1 aliphatic rings. The minimum Gasteiger partial charge on any atom is -0.612 e. The maximum atomic E-state index is 14.8. The fourth-order valence-electron chi connectivity index (χ4n) is 6.40. The Bertz CT molecular complexity index is 1820. The molecule has 1 atom stereocenters. The van der Waals surface area contributed by atoms with Gasteiger partial charge in [-0.3, -0.25) is 4.79 Å². The fraction of sp³-hybridized carbons (Fsp3) is 0.389. The number of fused-ring (bicyclic) bond motifs is 1. The SMILES string of the molecule is COc1ccc(-c2cccc([S+](C)[O-])c2)cc1CN(C(=O)c1sc2c(F)ccc(F)c2c1Cl)C1CCC(N(CC(C)(C)C)C(=O)O)CC1. The van der Waals surface area contributed by atoms with Crippen LogP contribution in [0.2, 0.25) is 5.02 Å². The normalized spacial score (nSPS) is 17.3. The molecule has 1 aromatic heterocycles. The van der Waals surface area contributed by atoms with Crippen molar-refractivity contribution >= 4 is 56.2 Å². The third-order valence-electron chi connectivity index (χ3n) is 8.70. The average molecular weight is 717 g/mol. The second kappa shape index (κ2) is 14.6.